The number of ether oxygens (including phenoxy) is 2. The Morgan fingerprint density at radius 3 is 2.67 bits per heavy atom. The van der Waals surface area contributed by atoms with E-state index in [1.807, 2.05) is 12.1 Å². The number of pyridine rings is 1. The highest BCUT2D eigenvalue weighted by Gasteiger charge is 2.17. The van der Waals surface area contributed by atoms with Gasteiger partial charge in [0.2, 0.25) is 0 Å². The lowest BCUT2D eigenvalue weighted by molar-refractivity contribution is 0.0878. The third-order valence-electron chi connectivity index (χ3n) is 4.08. The first-order valence-electron chi connectivity index (χ1n) is 8.37. The van der Waals surface area contributed by atoms with Gasteiger partial charge in [0.15, 0.2) is 9.48 Å². The zero-order valence-electron chi connectivity index (χ0n) is 14.6. The summed E-state index contributed by atoms with van der Waals surface area (Å²) < 4.78 is 14.3. The van der Waals surface area contributed by atoms with Gasteiger partial charge >= 0.3 is 0 Å². The first-order valence-corrected chi connectivity index (χ1v) is 13.2. The Labute approximate surface area is 157 Å². The van der Waals surface area contributed by atoms with Gasteiger partial charge in [-0.15, -0.1) is 0 Å². The van der Waals surface area contributed by atoms with E-state index in [1.54, 1.807) is 0 Å². The molecule has 0 atom stereocenters. The number of aromatic nitrogens is 3. The molecule has 1 aliphatic heterocycles. The molecule has 0 aromatic carbocycles. The average Bonchev–Trinajstić information content (AvgIpc) is 2.86. The Morgan fingerprint density at radius 2 is 1.96 bits per heavy atom. The first kappa shape index (κ1) is 18.1. The molecule has 0 saturated carbocycles. The maximum absolute atomic E-state index is 5.91. The summed E-state index contributed by atoms with van der Waals surface area (Å²) in [4.78, 5) is 11.7. The van der Waals surface area contributed by atoms with E-state index in [1.165, 1.54) is 6.04 Å². The molecular formula is C16H25IN4O2Si. The maximum atomic E-state index is 5.91. The molecule has 8 heteroatoms. The molecular weight excluding hydrogens is 435 g/mol. The number of anilines is 1. The summed E-state index contributed by atoms with van der Waals surface area (Å²) in [6.45, 7) is 11.7. The van der Waals surface area contributed by atoms with Crippen molar-refractivity contribution in [3.05, 3.63) is 16.0 Å². The fraction of sp³-hybridized carbons (Fsp3) is 0.625. The number of imidazole rings is 1. The van der Waals surface area contributed by atoms with Crippen molar-refractivity contribution in [2.75, 3.05) is 37.8 Å². The third-order valence-corrected chi connectivity index (χ3v) is 6.61. The van der Waals surface area contributed by atoms with Crippen molar-refractivity contribution in [2.45, 2.75) is 32.4 Å². The highest BCUT2D eigenvalue weighted by molar-refractivity contribution is 14.1. The van der Waals surface area contributed by atoms with E-state index >= 15 is 0 Å². The maximum Gasteiger partial charge on any atom is 0.175 e. The second-order valence-electron chi connectivity index (χ2n) is 7.27. The van der Waals surface area contributed by atoms with E-state index in [-0.39, 0.29) is 0 Å². The normalized spacial score (nSPS) is 16.1. The highest BCUT2D eigenvalue weighted by atomic mass is 127. The Morgan fingerprint density at radius 1 is 1.21 bits per heavy atom. The molecule has 0 unspecified atom stereocenters. The van der Waals surface area contributed by atoms with Crippen LogP contribution in [0.15, 0.2) is 12.1 Å². The molecule has 0 amide bonds. The van der Waals surface area contributed by atoms with E-state index in [4.69, 9.17) is 14.5 Å². The van der Waals surface area contributed by atoms with Gasteiger partial charge in [-0.2, -0.15) is 0 Å². The first-order chi connectivity index (χ1) is 11.4. The zero-order valence-corrected chi connectivity index (χ0v) is 17.7. The smallest absolute Gasteiger partial charge is 0.175 e. The highest BCUT2D eigenvalue weighted by Crippen LogP contribution is 2.21. The van der Waals surface area contributed by atoms with Crippen LogP contribution in [0.5, 0.6) is 0 Å². The number of rotatable bonds is 6. The SMILES string of the molecule is C[Si](C)(C)CCOCn1c(I)nc2ccc(N3CCOCC3)nc21. The van der Waals surface area contributed by atoms with Gasteiger partial charge in [-0.05, 0) is 18.2 Å². The quantitative estimate of drug-likeness (QED) is 0.377. The number of morpholine rings is 1. The Balaban J connectivity index is 1.75. The van der Waals surface area contributed by atoms with E-state index in [9.17, 15) is 0 Å². The molecule has 3 heterocycles. The van der Waals surface area contributed by atoms with Crippen LogP contribution in [0.25, 0.3) is 11.2 Å². The number of halogens is 1. The molecule has 2 aromatic rings. The predicted molar refractivity (Wildman–Crippen MR) is 107 cm³/mol. The standard InChI is InChI=1S/C16H25IN4O2Si/c1-24(2,3)11-10-23-12-21-15-13(18-16(21)17)4-5-14(19-15)20-6-8-22-9-7-20/h4-5H,6-12H2,1-3H3. The largest absolute Gasteiger partial charge is 0.378 e. The topological polar surface area (TPSA) is 52.4 Å². The van der Waals surface area contributed by atoms with Crippen LogP contribution in [-0.4, -0.2) is 55.5 Å². The number of hydrogen-bond acceptors (Lipinski definition) is 5. The van der Waals surface area contributed by atoms with Crippen LogP contribution in [0, 0.1) is 3.83 Å². The molecule has 1 saturated heterocycles. The van der Waals surface area contributed by atoms with Crippen molar-refractivity contribution >= 4 is 47.6 Å². The molecule has 132 valence electrons. The Bertz CT molecular complexity index is 695. The summed E-state index contributed by atoms with van der Waals surface area (Å²) in [5, 5.41) is 0. The molecule has 0 spiro atoms. The second kappa shape index (κ2) is 7.67. The molecule has 24 heavy (non-hydrogen) atoms. The van der Waals surface area contributed by atoms with Gasteiger partial charge in [-0.25, -0.2) is 9.97 Å². The van der Waals surface area contributed by atoms with Crippen LogP contribution in [0.4, 0.5) is 5.82 Å². The van der Waals surface area contributed by atoms with Crippen LogP contribution >= 0.6 is 22.6 Å². The Kier molecular flexibility index (Phi) is 5.78. The van der Waals surface area contributed by atoms with E-state index in [0.717, 1.165) is 53.7 Å². The molecule has 0 aliphatic carbocycles. The van der Waals surface area contributed by atoms with E-state index in [0.29, 0.717) is 6.73 Å². The van der Waals surface area contributed by atoms with Crippen molar-refractivity contribution < 1.29 is 9.47 Å². The van der Waals surface area contributed by atoms with Gasteiger partial charge < -0.3 is 14.4 Å². The van der Waals surface area contributed by atoms with Crippen molar-refractivity contribution in [3.63, 3.8) is 0 Å². The molecule has 0 bridgehead atoms. The third kappa shape index (κ3) is 4.47. The fourth-order valence-electron chi connectivity index (χ4n) is 2.58. The van der Waals surface area contributed by atoms with Gasteiger partial charge in [0.05, 0.1) is 13.2 Å². The molecule has 6 nitrogen and oxygen atoms in total. The summed E-state index contributed by atoms with van der Waals surface area (Å²) >= 11 is 2.25. The van der Waals surface area contributed by atoms with Crippen LogP contribution in [0.2, 0.25) is 25.7 Å². The van der Waals surface area contributed by atoms with Gasteiger partial charge in [0.1, 0.15) is 18.1 Å². The van der Waals surface area contributed by atoms with Gasteiger partial charge in [0, 0.05) is 50.4 Å². The fourth-order valence-corrected chi connectivity index (χ4v) is 3.97. The monoisotopic (exact) mass is 460 g/mol. The van der Waals surface area contributed by atoms with Crippen LogP contribution in [0.1, 0.15) is 0 Å². The zero-order chi connectivity index (χ0) is 17.2. The minimum Gasteiger partial charge on any atom is -0.378 e. The van der Waals surface area contributed by atoms with E-state index in [2.05, 4.69) is 56.7 Å². The van der Waals surface area contributed by atoms with Crippen molar-refractivity contribution in [2.24, 2.45) is 0 Å². The lowest BCUT2D eigenvalue weighted by Gasteiger charge is -2.27. The van der Waals surface area contributed by atoms with Gasteiger partial charge in [-0.3, -0.25) is 4.57 Å². The van der Waals surface area contributed by atoms with Crippen LogP contribution < -0.4 is 4.90 Å². The predicted octanol–water partition coefficient (Wildman–Crippen LogP) is 3.18. The number of nitrogens with zero attached hydrogens (tertiary/aromatic N) is 4. The lowest BCUT2D eigenvalue weighted by atomic mass is 10.3. The summed E-state index contributed by atoms with van der Waals surface area (Å²) in [6.07, 6.45) is 0. The summed E-state index contributed by atoms with van der Waals surface area (Å²) in [5.74, 6) is 0.991. The second-order valence-corrected chi connectivity index (χ2v) is 13.9. The molecule has 2 aromatic heterocycles. The molecule has 1 aliphatic rings. The van der Waals surface area contributed by atoms with Crippen LogP contribution in [0.3, 0.4) is 0 Å². The average molecular weight is 460 g/mol. The summed E-state index contributed by atoms with van der Waals surface area (Å²) in [7, 11) is -1.06. The number of hydrogen-bond donors (Lipinski definition) is 0. The molecule has 1 fully saturated rings. The summed E-state index contributed by atoms with van der Waals surface area (Å²) in [5.41, 5.74) is 1.82. The minimum absolute atomic E-state index is 0.513. The van der Waals surface area contributed by atoms with Gasteiger partial charge in [-0.1, -0.05) is 19.6 Å². The van der Waals surface area contributed by atoms with Crippen molar-refractivity contribution in [1.29, 1.82) is 0 Å². The molecule has 0 radical (unpaired) electrons. The van der Waals surface area contributed by atoms with Gasteiger partial charge in [0.25, 0.3) is 0 Å². The van der Waals surface area contributed by atoms with Crippen LogP contribution in [-0.2, 0) is 16.2 Å². The lowest BCUT2D eigenvalue weighted by Crippen LogP contribution is -2.36. The number of fused-ring (bicyclic) bond motifs is 1. The van der Waals surface area contributed by atoms with Crippen molar-refractivity contribution in [1.82, 2.24) is 14.5 Å². The van der Waals surface area contributed by atoms with E-state index < -0.39 is 8.07 Å². The molecule has 3 rings (SSSR count). The summed E-state index contributed by atoms with van der Waals surface area (Å²) in [6, 6.07) is 5.27. The minimum atomic E-state index is -1.06. The molecule has 0 N–H and O–H groups in total. The Hall–Kier alpha value is -0.713. The van der Waals surface area contributed by atoms with Crippen molar-refractivity contribution in [3.8, 4) is 0 Å².